The van der Waals surface area contributed by atoms with Crippen molar-refractivity contribution >= 4 is 11.6 Å². The summed E-state index contributed by atoms with van der Waals surface area (Å²) in [7, 11) is 0. The minimum absolute atomic E-state index is 0.978. The van der Waals surface area contributed by atoms with Crippen LogP contribution >= 0.6 is 0 Å². The summed E-state index contributed by atoms with van der Waals surface area (Å²) >= 11 is 0. The van der Waals surface area contributed by atoms with E-state index < -0.39 is 0 Å². The summed E-state index contributed by atoms with van der Waals surface area (Å²) in [5.74, 6) is 1.97. The molecule has 2 aromatic heterocycles. The van der Waals surface area contributed by atoms with Crippen LogP contribution in [-0.2, 0) is 0 Å². The van der Waals surface area contributed by atoms with Crippen molar-refractivity contribution in [1.82, 2.24) is 9.97 Å². The molecule has 0 saturated carbocycles. The molecule has 0 spiro atoms. The molecule has 0 aliphatic heterocycles. The summed E-state index contributed by atoms with van der Waals surface area (Å²) in [6, 6.07) is 12.2. The van der Waals surface area contributed by atoms with Gasteiger partial charge in [-0.15, -0.1) is 0 Å². The number of rotatable bonds is 17. The lowest BCUT2D eigenvalue weighted by molar-refractivity contribution is 0.536. The zero-order chi connectivity index (χ0) is 20.4. The van der Waals surface area contributed by atoms with Crippen LogP contribution in [0.15, 0.2) is 48.8 Å². The van der Waals surface area contributed by atoms with Crippen LogP contribution in [0.5, 0.6) is 0 Å². The molecule has 2 heterocycles. The van der Waals surface area contributed by atoms with Crippen molar-refractivity contribution in [2.75, 3.05) is 11.4 Å². The first-order chi connectivity index (χ1) is 14.4. The van der Waals surface area contributed by atoms with Gasteiger partial charge < -0.3 is 4.90 Å². The highest BCUT2D eigenvalue weighted by Gasteiger charge is 2.10. The van der Waals surface area contributed by atoms with E-state index in [0.717, 1.165) is 18.2 Å². The van der Waals surface area contributed by atoms with Gasteiger partial charge in [-0.25, -0.2) is 9.97 Å². The topological polar surface area (TPSA) is 29.0 Å². The minimum Gasteiger partial charge on any atom is -0.311 e. The summed E-state index contributed by atoms with van der Waals surface area (Å²) in [4.78, 5) is 11.3. The Morgan fingerprint density at radius 3 is 1.34 bits per heavy atom. The van der Waals surface area contributed by atoms with E-state index in [2.05, 4.69) is 33.9 Å². The summed E-state index contributed by atoms with van der Waals surface area (Å²) in [5, 5.41) is 0. The van der Waals surface area contributed by atoms with E-state index in [1.54, 1.807) is 0 Å². The highest BCUT2D eigenvalue weighted by atomic mass is 15.2. The molecule has 29 heavy (non-hydrogen) atoms. The molecule has 0 N–H and O–H groups in total. The average Bonchev–Trinajstić information content (AvgIpc) is 2.78. The summed E-state index contributed by atoms with van der Waals surface area (Å²) < 4.78 is 0. The fourth-order valence-electron chi connectivity index (χ4n) is 3.84. The first kappa shape index (κ1) is 23.4. The van der Waals surface area contributed by atoms with Gasteiger partial charge in [0.1, 0.15) is 11.6 Å². The van der Waals surface area contributed by atoms with Gasteiger partial charge in [0, 0.05) is 18.9 Å². The van der Waals surface area contributed by atoms with Gasteiger partial charge in [0.15, 0.2) is 0 Å². The van der Waals surface area contributed by atoms with E-state index >= 15 is 0 Å². The van der Waals surface area contributed by atoms with E-state index in [1.807, 2.05) is 36.7 Å². The highest BCUT2D eigenvalue weighted by molar-refractivity contribution is 5.55. The second-order valence-corrected chi connectivity index (χ2v) is 8.12. The molecule has 2 aromatic rings. The Morgan fingerprint density at radius 2 is 0.966 bits per heavy atom. The third kappa shape index (κ3) is 10.4. The molecule has 0 bridgehead atoms. The van der Waals surface area contributed by atoms with Crippen LogP contribution in [0.3, 0.4) is 0 Å². The van der Waals surface area contributed by atoms with Crippen molar-refractivity contribution in [2.24, 2.45) is 0 Å². The van der Waals surface area contributed by atoms with Gasteiger partial charge in [-0.3, -0.25) is 0 Å². The molecule has 0 aliphatic rings. The van der Waals surface area contributed by atoms with Gasteiger partial charge in [0.25, 0.3) is 0 Å². The molecule has 3 heteroatoms. The first-order valence-corrected chi connectivity index (χ1v) is 12.0. The molecule has 0 amide bonds. The SMILES string of the molecule is CCCCCCCCCCCCCCCCN(c1ccccn1)c1ccccn1. The maximum atomic E-state index is 4.53. The van der Waals surface area contributed by atoms with Crippen LogP contribution < -0.4 is 4.90 Å². The Balaban J connectivity index is 1.52. The normalized spacial score (nSPS) is 10.9. The van der Waals surface area contributed by atoms with Gasteiger partial charge in [-0.1, -0.05) is 103 Å². The Bertz CT molecular complexity index is 560. The predicted molar refractivity (Wildman–Crippen MR) is 126 cm³/mol. The molecular formula is C26H41N3. The average molecular weight is 396 g/mol. The van der Waals surface area contributed by atoms with Crippen molar-refractivity contribution in [3.63, 3.8) is 0 Å². The second-order valence-electron chi connectivity index (χ2n) is 8.12. The Hall–Kier alpha value is -1.90. The van der Waals surface area contributed by atoms with Crippen LogP contribution in [-0.4, -0.2) is 16.5 Å². The number of hydrogen-bond donors (Lipinski definition) is 0. The standard InChI is InChI=1S/C26H41N3/c1-2-3-4-5-6-7-8-9-10-11-12-13-14-19-24-29(25-20-15-17-22-27-25)26-21-16-18-23-28-26/h15-18,20-23H,2-14,19,24H2,1H3. The van der Waals surface area contributed by atoms with E-state index in [-0.39, 0.29) is 0 Å². The van der Waals surface area contributed by atoms with Gasteiger partial charge >= 0.3 is 0 Å². The fraction of sp³-hybridized carbons (Fsp3) is 0.615. The van der Waals surface area contributed by atoms with Crippen molar-refractivity contribution in [3.8, 4) is 0 Å². The second kappa shape index (κ2) is 16.0. The molecule has 3 nitrogen and oxygen atoms in total. The number of pyridine rings is 2. The summed E-state index contributed by atoms with van der Waals surface area (Å²) in [6.45, 7) is 3.27. The maximum Gasteiger partial charge on any atom is 0.134 e. The highest BCUT2D eigenvalue weighted by Crippen LogP contribution is 2.21. The molecule has 0 aliphatic carbocycles. The third-order valence-electron chi connectivity index (χ3n) is 5.59. The van der Waals surface area contributed by atoms with Crippen molar-refractivity contribution < 1.29 is 0 Å². The van der Waals surface area contributed by atoms with E-state index in [9.17, 15) is 0 Å². The summed E-state index contributed by atoms with van der Waals surface area (Å²) in [6.07, 6.45) is 23.1. The molecule has 0 unspecified atom stereocenters. The predicted octanol–water partition coefficient (Wildman–Crippen LogP) is 8.10. The quantitative estimate of drug-likeness (QED) is 0.253. The van der Waals surface area contributed by atoms with Crippen LogP contribution in [0, 0.1) is 0 Å². The van der Waals surface area contributed by atoms with Crippen molar-refractivity contribution in [1.29, 1.82) is 0 Å². The molecule has 0 radical (unpaired) electrons. The molecule has 0 fully saturated rings. The zero-order valence-electron chi connectivity index (χ0n) is 18.6. The Kier molecular flexibility index (Phi) is 12.9. The van der Waals surface area contributed by atoms with E-state index in [4.69, 9.17) is 0 Å². The lowest BCUT2D eigenvalue weighted by atomic mass is 10.0. The van der Waals surface area contributed by atoms with Crippen LogP contribution in [0.2, 0.25) is 0 Å². The van der Waals surface area contributed by atoms with Crippen LogP contribution in [0.25, 0.3) is 0 Å². The number of anilines is 2. The van der Waals surface area contributed by atoms with E-state index in [1.165, 1.54) is 89.9 Å². The number of unbranched alkanes of at least 4 members (excludes halogenated alkanes) is 13. The molecule has 0 atom stereocenters. The minimum atomic E-state index is 0.978. The van der Waals surface area contributed by atoms with Crippen molar-refractivity contribution in [3.05, 3.63) is 48.8 Å². The molecule has 0 saturated heterocycles. The van der Waals surface area contributed by atoms with Crippen LogP contribution in [0.4, 0.5) is 11.6 Å². The Labute approximate surface area is 179 Å². The monoisotopic (exact) mass is 395 g/mol. The van der Waals surface area contributed by atoms with Crippen LogP contribution in [0.1, 0.15) is 96.8 Å². The van der Waals surface area contributed by atoms with E-state index in [0.29, 0.717) is 0 Å². The molecular weight excluding hydrogens is 354 g/mol. The van der Waals surface area contributed by atoms with Gasteiger partial charge in [0.2, 0.25) is 0 Å². The first-order valence-electron chi connectivity index (χ1n) is 12.0. The third-order valence-corrected chi connectivity index (χ3v) is 5.59. The van der Waals surface area contributed by atoms with Crippen molar-refractivity contribution in [2.45, 2.75) is 96.8 Å². The maximum absolute atomic E-state index is 4.53. The number of aromatic nitrogens is 2. The largest absolute Gasteiger partial charge is 0.311 e. The summed E-state index contributed by atoms with van der Waals surface area (Å²) in [5.41, 5.74) is 0. The lowest BCUT2D eigenvalue weighted by Crippen LogP contribution is -2.20. The number of hydrogen-bond acceptors (Lipinski definition) is 3. The number of nitrogens with zero attached hydrogens (tertiary/aromatic N) is 3. The lowest BCUT2D eigenvalue weighted by Gasteiger charge is -2.22. The molecule has 0 aromatic carbocycles. The Morgan fingerprint density at radius 1 is 0.552 bits per heavy atom. The zero-order valence-corrected chi connectivity index (χ0v) is 18.6. The van der Waals surface area contributed by atoms with Gasteiger partial charge in [-0.05, 0) is 30.7 Å². The van der Waals surface area contributed by atoms with Gasteiger partial charge in [0.05, 0.1) is 0 Å². The molecule has 2 rings (SSSR count). The smallest absolute Gasteiger partial charge is 0.134 e. The fourth-order valence-corrected chi connectivity index (χ4v) is 3.84. The molecule has 160 valence electrons. The van der Waals surface area contributed by atoms with Gasteiger partial charge in [-0.2, -0.15) is 0 Å².